The highest BCUT2D eigenvalue weighted by molar-refractivity contribution is 5.81. The number of hydrogen-bond donors (Lipinski definition) is 0. The number of ether oxygens (including phenoxy) is 1. The third kappa shape index (κ3) is 4.21. The van der Waals surface area contributed by atoms with E-state index in [1.165, 1.54) is 0 Å². The zero-order valence-corrected chi connectivity index (χ0v) is 13.6. The van der Waals surface area contributed by atoms with Crippen LogP contribution in [0.4, 0.5) is 0 Å². The van der Waals surface area contributed by atoms with E-state index in [1.807, 2.05) is 37.8 Å². The molecule has 1 aliphatic rings. The maximum absolute atomic E-state index is 12.4. The Kier molecular flexibility index (Phi) is 5.23. The molecule has 1 heterocycles. The summed E-state index contributed by atoms with van der Waals surface area (Å²) in [6.45, 7) is 12.6. The van der Waals surface area contributed by atoms with Crippen molar-refractivity contribution in [3.8, 4) is 5.75 Å². The fraction of sp³-hybridized carbons (Fsp3) is 0.588. The van der Waals surface area contributed by atoms with E-state index in [2.05, 4.69) is 17.9 Å². The molecule has 21 heavy (non-hydrogen) atoms. The van der Waals surface area contributed by atoms with Gasteiger partial charge in [0.25, 0.3) is 5.91 Å². The fourth-order valence-electron chi connectivity index (χ4n) is 2.80. The zero-order valence-electron chi connectivity index (χ0n) is 13.6. The molecular weight excluding hydrogens is 264 g/mol. The van der Waals surface area contributed by atoms with Crippen LogP contribution in [0.5, 0.6) is 5.75 Å². The monoisotopic (exact) mass is 290 g/mol. The van der Waals surface area contributed by atoms with Crippen LogP contribution < -0.4 is 4.74 Å². The number of amides is 1. The first kappa shape index (κ1) is 15.8. The summed E-state index contributed by atoms with van der Waals surface area (Å²) in [5.74, 6) is 0.866. The summed E-state index contributed by atoms with van der Waals surface area (Å²) in [4.78, 5) is 16.7. The largest absolute Gasteiger partial charge is 0.481 e. The highest BCUT2D eigenvalue weighted by Crippen LogP contribution is 2.18. The van der Waals surface area contributed by atoms with Gasteiger partial charge in [-0.3, -0.25) is 4.79 Å². The first-order valence-corrected chi connectivity index (χ1v) is 7.75. The number of likely N-dealkylation sites (N-methyl/N-ethyl adjacent to an activating group) is 1. The Morgan fingerprint density at radius 1 is 1.14 bits per heavy atom. The summed E-state index contributed by atoms with van der Waals surface area (Å²) in [7, 11) is 0. The Bertz CT molecular complexity index is 473. The molecule has 0 aliphatic carbocycles. The second kappa shape index (κ2) is 6.94. The average Bonchev–Trinajstić information content (AvgIpc) is 2.45. The van der Waals surface area contributed by atoms with Crippen molar-refractivity contribution in [2.24, 2.45) is 0 Å². The molecule has 4 heteroatoms. The van der Waals surface area contributed by atoms with Crippen LogP contribution in [0.25, 0.3) is 0 Å². The molecule has 0 bridgehead atoms. The highest BCUT2D eigenvalue weighted by Gasteiger charge is 2.25. The molecule has 1 aromatic rings. The molecule has 0 spiro atoms. The van der Waals surface area contributed by atoms with Gasteiger partial charge in [-0.15, -0.1) is 0 Å². The topological polar surface area (TPSA) is 32.8 Å². The predicted octanol–water partition coefficient (Wildman–Crippen LogP) is 2.23. The molecule has 1 saturated heterocycles. The summed E-state index contributed by atoms with van der Waals surface area (Å²) < 4.78 is 5.84. The number of aryl methyl sites for hydroxylation is 2. The van der Waals surface area contributed by atoms with Gasteiger partial charge in [0.15, 0.2) is 6.10 Å². The Labute approximate surface area is 127 Å². The van der Waals surface area contributed by atoms with Crippen molar-refractivity contribution in [3.63, 3.8) is 0 Å². The lowest BCUT2D eigenvalue weighted by atomic mass is 10.1. The molecule has 0 N–H and O–H groups in total. The summed E-state index contributed by atoms with van der Waals surface area (Å²) in [5, 5.41) is 0. The molecule has 0 aromatic heterocycles. The van der Waals surface area contributed by atoms with E-state index in [4.69, 9.17) is 4.74 Å². The maximum atomic E-state index is 12.4. The first-order valence-electron chi connectivity index (χ1n) is 7.75. The first-order chi connectivity index (χ1) is 9.99. The van der Waals surface area contributed by atoms with Crippen LogP contribution in [0.3, 0.4) is 0 Å². The Hall–Kier alpha value is -1.55. The number of carbonyl (C=O) groups excluding carboxylic acids is 1. The van der Waals surface area contributed by atoms with Crippen molar-refractivity contribution in [2.75, 3.05) is 32.7 Å². The van der Waals surface area contributed by atoms with Gasteiger partial charge in [0, 0.05) is 26.2 Å². The second-order valence-corrected chi connectivity index (χ2v) is 5.84. The Morgan fingerprint density at radius 3 is 2.24 bits per heavy atom. The quantitative estimate of drug-likeness (QED) is 0.852. The zero-order chi connectivity index (χ0) is 15.4. The van der Waals surface area contributed by atoms with Crippen LogP contribution in [-0.4, -0.2) is 54.5 Å². The van der Waals surface area contributed by atoms with E-state index in [1.54, 1.807) is 0 Å². The third-order valence-corrected chi connectivity index (χ3v) is 3.99. The fourth-order valence-corrected chi connectivity index (χ4v) is 2.80. The number of nitrogens with zero attached hydrogens (tertiary/aromatic N) is 2. The van der Waals surface area contributed by atoms with Crippen molar-refractivity contribution in [3.05, 3.63) is 29.3 Å². The molecule has 2 rings (SSSR count). The van der Waals surface area contributed by atoms with Gasteiger partial charge in [0.1, 0.15) is 5.75 Å². The minimum atomic E-state index is -0.431. The van der Waals surface area contributed by atoms with E-state index in [0.29, 0.717) is 0 Å². The van der Waals surface area contributed by atoms with Crippen molar-refractivity contribution >= 4 is 5.91 Å². The molecule has 1 aliphatic heterocycles. The summed E-state index contributed by atoms with van der Waals surface area (Å²) in [5.41, 5.74) is 2.31. The van der Waals surface area contributed by atoms with Gasteiger partial charge >= 0.3 is 0 Å². The molecule has 116 valence electrons. The van der Waals surface area contributed by atoms with Gasteiger partial charge in [-0.25, -0.2) is 0 Å². The number of hydrogen-bond acceptors (Lipinski definition) is 3. The van der Waals surface area contributed by atoms with E-state index >= 15 is 0 Å². The van der Waals surface area contributed by atoms with Gasteiger partial charge in [-0.05, 0) is 50.6 Å². The lowest BCUT2D eigenvalue weighted by molar-refractivity contribution is -0.139. The maximum Gasteiger partial charge on any atom is 0.263 e. The normalized spacial score (nSPS) is 17.6. The highest BCUT2D eigenvalue weighted by atomic mass is 16.5. The van der Waals surface area contributed by atoms with Crippen LogP contribution in [0, 0.1) is 13.8 Å². The number of piperazine rings is 1. The number of benzene rings is 1. The molecule has 1 unspecified atom stereocenters. The molecule has 1 amide bonds. The van der Waals surface area contributed by atoms with E-state index < -0.39 is 6.10 Å². The minimum absolute atomic E-state index is 0.0879. The molecule has 0 saturated carbocycles. The van der Waals surface area contributed by atoms with Crippen LogP contribution in [-0.2, 0) is 4.79 Å². The molecule has 1 atom stereocenters. The van der Waals surface area contributed by atoms with Crippen LogP contribution >= 0.6 is 0 Å². The van der Waals surface area contributed by atoms with Gasteiger partial charge in [0.2, 0.25) is 0 Å². The lowest BCUT2D eigenvalue weighted by Crippen LogP contribution is -2.51. The molecule has 1 fully saturated rings. The summed E-state index contributed by atoms with van der Waals surface area (Å²) >= 11 is 0. The van der Waals surface area contributed by atoms with Crippen LogP contribution in [0.2, 0.25) is 0 Å². The second-order valence-electron chi connectivity index (χ2n) is 5.84. The van der Waals surface area contributed by atoms with Crippen molar-refractivity contribution in [2.45, 2.75) is 33.8 Å². The summed E-state index contributed by atoms with van der Waals surface area (Å²) in [6.07, 6.45) is -0.431. The number of carbonyl (C=O) groups is 1. The van der Waals surface area contributed by atoms with E-state index in [0.717, 1.165) is 49.6 Å². The predicted molar refractivity (Wildman–Crippen MR) is 84.7 cm³/mol. The lowest BCUT2D eigenvalue weighted by Gasteiger charge is -2.35. The molecule has 4 nitrogen and oxygen atoms in total. The van der Waals surface area contributed by atoms with Gasteiger partial charge in [-0.2, -0.15) is 0 Å². The molecule has 1 aromatic carbocycles. The molecular formula is C17H26N2O2. The number of rotatable bonds is 4. The molecule has 0 radical (unpaired) electrons. The SMILES string of the molecule is CCN1CCN(C(=O)C(C)Oc2cc(C)cc(C)c2)CC1. The van der Waals surface area contributed by atoms with Crippen LogP contribution in [0.15, 0.2) is 18.2 Å². The Balaban J connectivity index is 1.93. The van der Waals surface area contributed by atoms with E-state index in [-0.39, 0.29) is 5.91 Å². The standard InChI is InChI=1S/C17H26N2O2/c1-5-18-6-8-19(9-7-18)17(20)15(4)21-16-11-13(2)10-14(3)12-16/h10-12,15H,5-9H2,1-4H3. The minimum Gasteiger partial charge on any atom is -0.481 e. The Morgan fingerprint density at radius 2 is 1.71 bits per heavy atom. The van der Waals surface area contributed by atoms with Crippen molar-refractivity contribution in [1.82, 2.24) is 9.80 Å². The van der Waals surface area contributed by atoms with Gasteiger partial charge in [0.05, 0.1) is 0 Å². The third-order valence-electron chi connectivity index (χ3n) is 3.99. The van der Waals surface area contributed by atoms with Crippen LogP contribution in [0.1, 0.15) is 25.0 Å². The average molecular weight is 290 g/mol. The van der Waals surface area contributed by atoms with Crippen molar-refractivity contribution < 1.29 is 9.53 Å². The summed E-state index contributed by atoms with van der Waals surface area (Å²) in [6, 6.07) is 6.06. The van der Waals surface area contributed by atoms with Crippen molar-refractivity contribution in [1.29, 1.82) is 0 Å². The van der Waals surface area contributed by atoms with Gasteiger partial charge in [-0.1, -0.05) is 13.0 Å². The smallest absolute Gasteiger partial charge is 0.263 e. The van der Waals surface area contributed by atoms with E-state index in [9.17, 15) is 4.79 Å². The van der Waals surface area contributed by atoms with Gasteiger partial charge < -0.3 is 14.5 Å².